The van der Waals surface area contributed by atoms with Crippen LogP contribution in [-0.2, 0) is 31.8 Å². The number of likely N-dealkylation sites (N-methyl/N-ethyl adjacent to an activating group) is 2. The van der Waals surface area contributed by atoms with E-state index in [1.807, 2.05) is 49.0 Å². The van der Waals surface area contributed by atoms with Crippen LogP contribution in [0.2, 0.25) is 0 Å². The molecule has 2 aromatic carbocycles. The second-order valence-electron chi connectivity index (χ2n) is 13.7. The van der Waals surface area contributed by atoms with E-state index in [9.17, 15) is 30.0 Å². The summed E-state index contributed by atoms with van der Waals surface area (Å²) in [7, 11) is 9.58. The first-order chi connectivity index (χ1) is 20.8. The molecule has 4 rings (SSSR count). The van der Waals surface area contributed by atoms with E-state index >= 15 is 0 Å². The van der Waals surface area contributed by atoms with Gasteiger partial charge in [0, 0.05) is 43.2 Å². The lowest BCUT2D eigenvalue weighted by atomic mass is 9.95. The Bertz CT molecular complexity index is 1370. The number of quaternary nitrogens is 2. The van der Waals surface area contributed by atoms with Gasteiger partial charge in [-0.3, -0.25) is 13.8 Å². The summed E-state index contributed by atoms with van der Waals surface area (Å²) in [6, 6.07) is 6.16. The van der Waals surface area contributed by atoms with Gasteiger partial charge < -0.3 is 45.3 Å². The number of methoxy groups -OCH3 is 1. The van der Waals surface area contributed by atoms with Crippen molar-refractivity contribution in [3.05, 3.63) is 35.4 Å². The monoisotopic (exact) mass is 634 g/mol. The maximum Gasteiger partial charge on any atom is 0.408 e. The number of ether oxygens (including phenoxy) is 3. The van der Waals surface area contributed by atoms with E-state index in [2.05, 4.69) is 10.6 Å². The van der Waals surface area contributed by atoms with Gasteiger partial charge in [0.15, 0.2) is 23.0 Å². The number of benzene rings is 2. The van der Waals surface area contributed by atoms with Crippen molar-refractivity contribution in [3.8, 4) is 23.0 Å². The second kappa shape index (κ2) is 14.1. The lowest BCUT2D eigenvalue weighted by Crippen LogP contribution is -2.56. The van der Waals surface area contributed by atoms with Crippen molar-refractivity contribution < 1.29 is 44.2 Å². The van der Waals surface area contributed by atoms with Gasteiger partial charge in [-0.15, -0.1) is 0 Å². The van der Waals surface area contributed by atoms with Crippen molar-refractivity contribution in [2.45, 2.75) is 51.3 Å². The third-order valence-corrected chi connectivity index (χ3v) is 7.69. The molecule has 250 valence electrons. The quantitative estimate of drug-likeness (QED) is 0.152. The maximum atomic E-state index is 11.9. The van der Waals surface area contributed by atoms with Gasteiger partial charge >= 0.3 is 6.09 Å². The Kier molecular flexibility index (Phi) is 11.2. The van der Waals surface area contributed by atoms with Crippen LogP contribution in [0.25, 0.3) is 0 Å². The van der Waals surface area contributed by atoms with Crippen molar-refractivity contribution in [1.82, 2.24) is 19.6 Å². The average molecular weight is 635 g/mol. The molecular formula is C32H50N4O9+2. The zero-order chi connectivity index (χ0) is 33.7. The van der Waals surface area contributed by atoms with Crippen LogP contribution >= 0.6 is 0 Å². The lowest BCUT2D eigenvalue weighted by molar-refractivity contribution is -0.127. The number of aromatic hydroxyl groups is 4. The van der Waals surface area contributed by atoms with Crippen LogP contribution in [0.5, 0.6) is 23.0 Å². The summed E-state index contributed by atoms with van der Waals surface area (Å²) in [5.74, 6) is -0.694. The molecule has 0 aliphatic carbocycles. The number of hydrogen-bond acceptors (Lipinski definition) is 9. The highest BCUT2D eigenvalue weighted by molar-refractivity contribution is 5.78. The van der Waals surface area contributed by atoms with Gasteiger partial charge in [0.05, 0.1) is 53.5 Å². The number of rotatable bonds is 7. The highest BCUT2D eigenvalue weighted by Gasteiger charge is 2.37. The molecule has 2 aliphatic heterocycles. The first-order valence-electron chi connectivity index (χ1n) is 14.9. The molecule has 0 saturated carbocycles. The Balaban J connectivity index is 0.000000246. The molecule has 2 amide bonds. The number of phenolic OH excluding ortho intramolecular Hbond substituents is 4. The molecule has 6 N–H and O–H groups in total. The van der Waals surface area contributed by atoms with Gasteiger partial charge in [-0.2, -0.15) is 0 Å². The van der Waals surface area contributed by atoms with Crippen molar-refractivity contribution >= 4 is 23.4 Å². The number of nitrogens with one attached hydrogen (secondary N) is 2. The van der Waals surface area contributed by atoms with Gasteiger partial charge in [-0.05, 0) is 32.9 Å². The molecule has 0 radical (unpaired) electrons. The van der Waals surface area contributed by atoms with E-state index in [1.165, 1.54) is 0 Å². The first kappa shape index (κ1) is 35.7. The number of carbonyl (C=O) groups excluding carboxylic acids is 2. The molecule has 0 aromatic heterocycles. The summed E-state index contributed by atoms with van der Waals surface area (Å²) in [4.78, 5) is 23.9. The number of fused-ring (bicyclic) bond motifs is 2. The van der Waals surface area contributed by atoms with Crippen molar-refractivity contribution in [1.29, 1.82) is 0 Å². The highest BCUT2D eigenvalue weighted by Crippen LogP contribution is 2.40. The molecule has 2 heterocycles. The van der Waals surface area contributed by atoms with E-state index in [0.717, 1.165) is 22.5 Å². The smallest absolute Gasteiger partial charge is 0.408 e. The standard InChI is InChI=1S/C16H24N2O5.C16H24N2O4/c1-18(2)9-12(17-16(21)10-23-5-4-22-3)6-11-7-14(19)15(20)8-13(11)18;1-16(2,3)22-15(21)17-11-6-10-7-13(19)14(20)8-12(10)18(4,5)9-11/h7-8,12H,4-6,9-10H2,1-3H3,(H2-,17,19,20,21);7-8,11H,6,9H2,1-5H3,(H2-,17,19,20,21)/p+2. The van der Waals surface area contributed by atoms with Crippen molar-refractivity contribution in [2.75, 3.05) is 68.2 Å². The number of nitrogens with zero attached hydrogens (tertiary/aromatic N) is 2. The van der Waals surface area contributed by atoms with Gasteiger partial charge in [-0.25, -0.2) is 4.79 Å². The summed E-state index contributed by atoms with van der Waals surface area (Å²) in [5, 5.41) is 44.6. The van der Waals surface area contributed by atoms with Crippen LogP contribution in [0.1, 0.15) is 31.9 Å². The molecule has 2 aliphatic rings. The van der Waals surface area contributed by atoms with Crippen LogP contribution in [0.4, 0.5) is 16.2 Å². The normalized spacial score (nSPS) is 19.6. The fourth-order valence-electron chi connectivity index (χ4n) is 5.87. The van der Waals surface area contributed by atoms with Crippen LogP contribution < -0.4 is 19.6 Å². The van der Waals surface area contributed by atoms with Gasteiger partial charge in [0.2, 0.25) is 5.91 Å². The first-order valence-corrected chi connectivity index (χ1v) is 14.9. The molecule has 2 aromatic rings. The zero-order valence-corrected chi connectivity index (χ0v) is 27.6. The van der Waals surface area contributed by atoms with Crippen LogP contribution in [0.15, 0.2) is 24.3 Å². The number of alkyl carbamates (subject to hydrolysis) is 1. The van der Waals surface area contributed by atoms with E-state index < -0.39 is 11.7 Å². The minimum atomic E-state index is -0.537. The van der Waals surface area contributed by atoms with E-state index in [1.54, 1.807) is 31.4 Å². The molecule has 0 saturated heterocycles. The molecule has 0 spiro atoms. The highest BCUT2D eigenvalue weighted by atomic mass is 16.6. The predicted molar refractivity (Wildman–Crippen MR) is 172 cm³/mol. The fourth-order valence-corrected chi connectivity index (χ4v) is 5.87. The SMILES string of the molecule is CC(C)(C)OC(=O)NC1Cc2cc(O)c(O)cc2[N+](C)(C)C1.COCCOCC(=O)NC1Cc2cc(O)c(O)cc2[N+](C)(C)C1. The van der Waals surface area contributed by atoms with Gasteiger partial charge in [-0.1, -0.05) is 0 Å². The molecule has 2 unspecified atom stereocenters. The molecule has 13 nitrogen and oxygen atoms in total. The van der Waals surface area contributed by atoms with E-state index in [0.29, 0.717) is 48.1 Å². The molecular weight excluding hydrogens is 584 g/mol. The lowest BCUT2D eigenvalue weighted by Gasteiger charge is -2.39. The molecule has 0 fully saturated rings. The minimum absolute atomic E-state index is 0.000966. The Morgan fingerprint density at radius 3 is 1.67 bits per heavy atom. The number of phenols is 4. The van der Waals surface area contributed by atoms with E-state index in [-0.39, 0.29) is 47.6 Å². The number of carbonyl (C=O) groups is 2. The van der Waals surface area contributed by atoms with Crippen molar-refractivity contribution in [3.63, 3.8) is 0 Å². The average Bonchev–Trinajstić information content (AvgIpc) is 2.88. The minimum Gasteiger partial charge on any atom is -0.504 e. The van der Waals surface area contributed by atoms with Crippen molar-refractivity contribution in [2.24, 2.45) is 0 Å². The summed E-state index contributed by atoms with van der Waals surface area (Å²) < 4.78 is 16.4. The van der Waals surface area contributed by atoms with Crippen LogP contribution in [0, 0.1) is 0 Å². The van der Waals surface area contributed by atoms with Gasteiger partial charge in [0.1, 0.15) is 36.7 Å². The van der Waals surface area contributed by atoms with Crippen LogP contribution in [-0.4, -0.2) is 118 Å². The molecule has 13 heteroatoms. The van der Waals surface area contributed by atoms with E-state index in [4.69, 9.17) is 14.2 Å². The molecule has 45 heavy (non-hydrogen) atoms. The van der Waals surface area contributed by atoms with Gasteiger partial charge in [0.25, 0.3) is 0 Å². The third kappa shape index (κ3) is 9.85. The Morgan fingerprint density at radius 2 is 1.22 bits per heavy atom. The Morgan fingerprint density at radius 1 is 0.778 bits per heavy atom. The predicted octanol–water partition coefficient (Wildman–Crippen LogP) is 2.48. The Labute approximate surface area is 265 Å². The number of hydrogen-bond donors (Lipinski definition) is 6. The molecule has 0 bridgehead atoms. The number of amides is 2. The Hall–Kier alpha value is -3.78. The summed E-state index contributed by atoms with van der Waals surface area (Å²) in [6.45, 7) is 7.68. The topological polar surface area (TPSA) is 167 Å². The summed E-state index contributed by atoms with van der Waals surface area (Å²) >= 11 is 0. The summed E-state index contributed by atoms with van der Waals surface area (Å²) in [5.41, 5.74) is 3.18. The zero-order valence-electron chi connectivity index (χ0n) is 27.6. The third-order valence-electron chi connectivity index (χ3n) is 7.69. The largest absolute Gasteiger partial charge is 0.504 e. The fraction of sp³-hybridized carbons (Fsp3) is 0.562. The van der Waals surface area contributed by atoms with Crippen LogP contribution in [0.3, 0.4) is 0 Å². The maximum absolute atomic E-state index is 11.9. The summed E-state index contributed by atoms with van der Waals surface area (Å²) in [6.07, 6.45) is 0.752. The second-order valence-corrected chi connectivity index (χ2v) is 13.7. The molecule has 2 atom stereocenters.